The maximum atomic E-state index is 5.95. The molecule has 0 aromatic heterocycles. The third-order valence-corrected chi connectivity index (χ3v) is 3.41. The van der Waals surface area contributed by atoms with Gasteiger partial charge in [0.25, 0.3) is 0 Å². The molecule has 2 bridgehead atoms. The molecule has 0 N–H and O–H groups in total. The normalized spacial score (nSPS) is 46.1. The Morgan fingerprint density at radius 3 is 2.86 bits per heavy atom. The van der Waals surface area contributed by atoms with Crippen LogP contribution >= 0.6 is 0 Å². The first-order valence-electron chi connectivity index (χ1n) is 5.02. The quantitative estimate of drug-likeness (QED) is 0.468. The van der Waals surface area contributed by atoms with E-state index in [0.29, 0.717) is 12.5 Å². The Morgan fingerprint density at radius 2 is 2.36 bits per heavy atom. The van der Waals surface area contributed by atoms with Gasteiger partial charge < -0.3 is 14.2 Å². The lowest BCUT2D eigenvalue weighted by atomic mass is 9.83. The molecule has 0 radical (unpaired) electrons. The Bertz CT molecular complexity index is 256. The SMILES string of the molecule is B[C@@H]1O[C@@]2(COC)CC(=C)[C@H]1C2OC. The predicted molar refractivity (Wildman–Crippen MR) is 56.1 cm³/mol. The van der Waals surface area contributed by atoms with Crippen molar-refractivity contribution in [3.05, 3.63) is 12.2 Å². The predicted octanol–water partition coefficient (Wildman–Crippen LogP) is -0.0479. The van der Waals surface area contributed by atoms with Crippen LogP contribution in [-0.4, -0.2) is 46.4 Å². The van der Waals surface area contributed by atoms with E-state index in [0.717, 1.165) is 6.42 Å². The molecule has 0 spiro atoms. The molecule has 2 rings (SSSR count). The summed E-state index contributed by atoms with van der Waals surface area (Å²) in [6.45, 7) is 4.69. The zero-order chi connectivity index (χ0) is 10.3. The fraction of sp³-hybridized carbons (Fsp3) is 0.800. The lowest BCUT2D eigenvalue weighted by Gasteiger charge is -2.30. The van der Waals surface area contributed by atoms with Crippen LogP contribution < -0.4 is 0 Å². The van der Waals surface area contributed by atoms with Crippen molar-refractivity contribution in [3.8, 4) is 0 Å². The van der Waals surface area contributed by atoms with Crippen LogP contribution in [0.25, 0.3) is 0 Å². The number of methoxy groups -OCH3 is 2. The molecule has 1 aliphatic carbocycles. The highest BCUT2D eigenvalue weighted by Crippen LogP contribution is 2.51. The van der Waals surface area contributed by atoms with Gasteiger partial charge in [-0.3, -0.25) is 0 Å². The molecular formula is C10H17BO3. The average Bonchev–Trinajstić information content (AvgIpc) is 2.51. The highest BCUT2D eigenvalue weighted by Gasteiger charge is 2.60. The summed E-state index contributed by atoms with van der Waals surface area (Å²) in [4.78, 5) is 0. The molecule has 14 heavy (non-hydrogen) atoms. The number of hydrogen-bond donors (Lipinski definition) is 0. The topological polar surface area (TPSA) is 27.7 Å². The number of ether oxygens (including phenoxy) is 3. The molecule has 1 aliphatic heterocycles. The van der Waals surface area contributed by atoms with Crippen LogP contribution in [-0.2, 0) is 14.2 Å². The van der Waals surface area contributed by atoms with Gasteiger partial charge in [-0.25, -0.2) is 0 Å². The van der Waals surface area contributed by atoms with Crippen molar-refractivity contribution in [3.63, 3.8) is 0 Å². The third kappa shape index (κ3) is 1.18. The Balaban J connectivity index is 2.27. The van der Waals surface area contributed by atoms with E-state index in [4.69, 9.17) is 14.2 Å². The van der Waals surface area contributed by atoms with Gasteiger partial charge in [-0.2, -0.15) is 0 Å². The van der Waals surface area contributed by atoms with Crippen LogP contribution in [0.3, 0.4) is 0 Å². The van der Waals surface area contributed by atoms with Gasteiger partial charge in [-0.1, -0.05) is 12.2 Å². The van der Waals surface area contributed by atoms with Gasteiger partial charge >= 0.3 is 0 Å². The van der Waals surface area contributed by atoms with Gasteiger partial charge in [-0.15, -0.1) is 0 Å². The summed E-state index contributed by atoms with van der Waals surface area (Å²) in [5.74, 6) is 0.343. The first kappa shape index (κ1) is 10.2. The summed E-state index contributed by atoms with van der Waals surface area (Å²) in [7, 11) is 5.52. The molecule has 4 heteroatoms. The maximum absolute atomic E-state index is 5.95. The van der Waals surface area contributed by atoms with Crippen LogP contribution in [0.1, 0.15) is 6.42 Å². The second-order valence-electron chi connectivity index (χ2n) is 4.34. The Kier molecular flexibility index (Phi) is 2.45. The Hall–Kier alpha value is -0.315. The molecule has 4 atom stereocenters. The fourth-order valence-electron chi connectivity index (χ4n) is 3.05. The summed E-state index contributed by atoms with van der Waals surface area (Å²) in [5.41, 5.74) is 0.970. The molecule has 1 saturated carbocycles. The van der Waals surface area contributed by atoms with Crippen LogP contribution in [0.5, 0.6) is 0 Å². The molecule has 2 aliphatic rings. The van der Waals surface area contributed by atoms with Gasteiger partial charge in [0.2, 0.25) is 0 Å². The molecule has 0 aromatic carbocycles. The largest absolute Gasteiger partial charge is 0.382 e. The summed E-state index contributed by atoms with van der Waals surface area (Å²) in [6.07, 6.45) is 0.985. The highest BCUT2D eigenvalue weighted by atomic mass is 16.6. The van der Waals surface area contributed by atoms with Gasteiger partial charge in [0.05, 0.1) is 12.7 Å². The van der Waals surface area contributed by atoms with E-state index in [2.05, 4.69) is 14.4 Å². The third-order valence-electron chi connectivity index (χ3n) is 3.41. The Labute approximate surface area is 85.8 Å². The van der Waals surface area contributed by atoms with Crippen LogP contribution in [0.15, 0.2) is 12.2 Å². The Morgan fingerprint density at radius 1 is 1.64 bits per heavy atom. The summed E-state index contributed by atoms with van der Waals surface area (Å²) in [6, 6.07) is 0.205. The lowest BCUT2D eigenvalue weighted by Crippen LogP contribution is -2.42. The van der Waals surface area contributed by atoms with E-state index < -0.39 is 0 Å². The molecule has 1 unspecified atom stereocenters. The second-order valence-corrected chi connectivity index (χ2v) is 4.34. The molecule has 0 aromatic rings. The van der Waals surface area contributed by atoms with E-state index in [9.17, 15) is 0 Å². The second kappa shape index (κ2) is 3.37. The van der Waals surface area contributed by atoms with E-state index in [1.807, 2.05) is 0 Å². The van der Waals surface area contributed by atoms with Crippen molar-refractivity contribution in [1.82, 2.24) is 0 Å². The smallest absolute Gasteiger partial charge is 0.140 e. The fourth-order valence-corrected chi connectivity index (χ4v) is 3.05. The van der Waals surface area contributed by atoms with Gasteiger partial charge in [0.1, 0.15) is 13.4 Å². The maximum Gasteiger partial charge on any atom is 0.140 e. The summed E-state index contributed by atoms with van der Waals surface area (Å²) >= 11 is 0. The summed E-state index contributed by atoms with van der Waals surface area (Å²) in [5, 5.41) is 0. The first-order valence-corrected chi connectivity index (χ1v) is 5.02. The minimum Gasteiger partial charge on any atom is -0.382 e. The van der Waals surface area contributed by atoms with Crippen molar-refractivity contribution in [2.45, 2.75) is 24.1 Å². The number of hydrogen-bond acceptors (Lipinski definition) is 3. The molecule has 2 fully saturated rings. The molecular weight excluding hydrogens is 179 g/mol. The van der Waals surface area contributed by atoms with Crippen LogP contribution in [0.4, 0.5) is 0 Å². The molecule has 1 saturated heterocycles. The standard InChI is InChI=1S/C10H17BO3/c1-6-4-10(5-12-2)8(13-3)7(6)9(11)14-10/h7-9H,1,4-5,11H2,2-3H3/t7-,8?,9+,10+/m0/s1. The van der Waals surface area contributed by atoms with Gasteiger partial charge in [-0.05, 0) is 0 Å². The van der Waals surface area contributed by atoms with E-state index in [-0.39, 0.29) is 17.7 Å². The molecule has 1 heterocycles. The molecule has 78 valence electrons. The van der Waals surface area contributed by atoms with E-state index in [1.54, 1.807) is 14.2 Å². The van der Waals surface area contributed by atoms with E-state index in [1.165, 1.54) is 5.57 Å². The zero-order valence-electron chi connectivity index (χ0n) is 9.08. The van der Waals surface area contributed by atoms with Crippen LogP contribution in [0, 0.1) is 5.92 Å². The molecule has 3 nitrogen and oxygen atoms in total. The van der Waals surface area contributed by atoms with Crippen LogP contribution in [0.2, 0.25) is 0 Å². The van der Waals surface area contributed by atoms with Gasteiger partial charge in [0.15, 0.2) is 0 Å². The highest BCUT2D eigenvalue weighted by molar-refractivity contribution is 6.11. The first-order chi connectivity index (χ1) is 6.64. The number of fused-ring (bicyclic) bond motifs is 2. The van der Waals surface area contributed by atoms with Crippen molar-refractivity contribution in [2.24, 2.45) is 5.92 Å². The lowest BCUT2D eigenvalue weighted by molar-refractivity contribution is -0.110. The monoisotopic (exact) mass is 196 g/mol. The van der Waals surface area contributed by atoms with Crippen molar-refractivity contribution < 1.29 is 14.2 Å². The number of rotatable bonds is 3. The minimum absolute atomic E-state index is 0.116. The summed E-state index contributed by atoms with van der Waals surface area (Å²) < 4.78 is 16.7. The van der Waals surface area contributed by atoms with Crippen molar-refractivity contribution in [2.75, 3.05) is 20.8 Å². The van der Waals surface area contributed by atoms with Gasteiger partial charge in [0, 0.05) is 32.6 Å². The molecule has 0 amide bonds. The van der Waals surface area contributed by atoms with Crippen molar-refractivity contribution in [1.29, 1.82) is 0 Å². The zero-order valence-corrected chi connectivity index (χ0v) is 9.08. The van der Waals surface area contributed by atoms with Crippen molar-refractivity contribution >= 4 is 7.85 Å². The minimum atomic E-state index is -0.273. The van der Waals surface area contributed by atoms with E-state index >= 15 is 0 Å². The average molecular weight is 196 g/mol.